The molecule has 174 valence electrons. The number of likely N-dealkylation sites (N-methyl/N-ethyl adjacent to an activating group) is 1. The first kappa shape index (κ1) is 24.1. The predicted octanol–water partition coefficient (Wildman–Crippen LogP) is 4.00. The molecule has 1 aromatic rings. The van der Waals surface area contributed by atoms with Gasteiger partial charge >= 0.3 is 0 Å². The topological polar surface area (TPSA) is 52.6 Å². The zero-order chi connectivity index (χ0) is 22.5. The summed E-state index contributed by atoms with van der Waals surface area (Å²) in [6.45, 7) is 11.6. The Morgan fingerprint density at radius 1 is 1.06 bits per heavy atom. The zero-order valence-electron chi connectivity index (χ0n) is 20.5. The van der Waals surface area contributed by atoms with Crippen LogP contribution in [0.4, 0.5) is 5.95 Å². The Hall–Kier alpha value is -1.53. The minimum Gasteiger partial charge on any atom is -0.332 e. The van der Waals surface area contributed by atoms with Gasteiger partial charge in [0, 0.05) is 67.6 Å². The monoisotopic (exact) mass is 429 g/mol. The number of hydrogen-bond acceptors (Lipinski definition) is 6. The van der Waals surface area contributed by atoms with Crippen LogP contribution in [-0.2, 0) is 11.3 Å². The van der Waals surface area contributed by atoms with Gasteiger partial charge in [-0.3, -0.25) is 9.69 Å². The fourth-order valence-corrected chi connectivity index (χ4v) is 5.50. The number of Topliss-reactive ketones (excluding diaryl/α,β-unsaturated/α-hetero) is 1. The second-order valence-corrected chi connectivity index (χ2v) is 10.1. The van der Waals surface area contributed by atoms with E-state index in [0.717, 1.165) is 64.1 Å². The van der Waals surface area contributed by atoms with E-state index in [4.69, 9.17) is 9.97 Å². The van der Waals surface area contributed by atoms with Gasteiger partial charge < -0.3 is 9.80 Å². The maximum Gasteiger partial charge on any atom is 0.225 e. The lowest BCUT2D eigenvalue weighted by molar-refractivity contribution is -0.127. The van der Waals surface area contributed by atoms with Gasteiger partial charge in [0.2, 0.25) is 5.95 Å². The lowest BCUT2D eigenvalue weighted by atomic mass is 9.80. The van der Waals surface area contributed by atoms with E-state index in [-0.39, 0.29) is 11.8 Å². The van der Waals surface area contributed by atoms with Crippen LogP contribution in [0.15, 0.2) is 12.4 Å². The molecule has 2 fully saturated rings. The Labute approximate surface area is 189 Å². The van der Waals surface area contributed by atoms with Crippen molar-refractivity contribution in [3.8, 4) is 0 Å². The van der Waals surface area contributed by atoms with Gasteiger partial charge in [0.1, 0.15) is 5.78 Å². The van der Waals surface area contributed by atoms with Gasteiger partial charge in [-0.15, -0.1) is 0 Å². The summed E-state index contributed by atoms with van der Waals surface area (Å²) >= 11 is 0. The van der Waals surface area contributed by atoms with E-state index >= 15 is 0 Å². The van der Waals surface area contributed by atoms with E-state index in [9.17, 15) is 4.79 Å². The van der Waals surface area contributed by atoms with Crippen molar-refractivity contribution in [3.05, 3.63) is 18.0 Å². The van der Waals surface area contributed by atoms with Gasteiger partial charge in [-0.1, -0.05) is 27.7 Å². The van der Waals surface area contributed by atoms with Gasteiger partial charge in [0.25, 0.3) is 0 Å². The highest BCUT2D eigenvalue weighted by atomic mass is 16.1. The van der Waals surface area contributed by atoms with Crippen molar-refractivity contribution >= 4 is 11.7 Å². The molecule has 3 rings (SSSR count). The molecule has 6 nitrogen and oxygen atoms in total. The Morgan fingerprint density at radius 3 is 2.10 bits per heavy atom. The largest absolute Gasteiger partial charge is 0.332 e. The van der Waals surface area contributed by atoms with Gasteiger partial charge in [0.05, 0.1) is 0 Å². The second kappa shape index (κ2) is 10.9. The van der Waals surface area contributed by atoms with Crippen molar-refractivity contribution in [2.75, 3.05) is 32.1 Å². The maximum atomic E-state index is 12.3. The van der Waals surface area contributed by atoms with Crippen LogP contribution in [-0.4, -0.2) is 70.9 Å². The number of ketones is 1. The minimum atomic E-state index is 0.162. The van der Waals surface area contributed by atoms with Gasteiger partial charge in [0.15, 0.2) is 0 Å². The highest BCUT2D eigenvalue weighted by Gasteiger charge is 2.33. The number of piperazine rings is 1. The quantitative estimate of drug-likeness (QED) is 0.623. The molecule has 2 heterocycles. The second-order valence-electron chi connectivity index (χ2n) is 10.1. The molecule has 1 aliphatic carbocycles. The molecule has 0 amide bonds. The summed E-state index contributed by atoms with van der Waals surface area (Å²) in [5, 5.41) is 0. The summed E-state index contributed by atoms with van der Waals surface area (Å²) in [4.78, 5) is 29.2. The molecule has 31 heavy (non-hydrogen) atoms. The SMILES string of the molecule is CCC1CN(C)CC(CC)N1c1ncc(CN(C)[C@H]2CC[C@H](C(=O)C(C)C)CC2)cn1. The Kier molecular flexibility index (Phi) is 8.45. The number of anilines is 1. The molecule has 0 spiro atoms. The van der Waals surface area contributed by atoms with Gasteiger partial charge in [-0.25, -0.2) is 9.97 Å². The fourth-order valence-electron chi connectivity index (χ4n) is 5.50. The third kappa shape index (κ3) is 5.83. The first-order valence-corrected chi connectivity index (χ1v) is 12.4. The summed E-state index contributed by atoms with van der Waals surface area (Å²) < 4.78 is 0. The summed E-state index contributed by atoms with van der Waals surface area (Å²) in [5.41, 5.74) is 1.17. The van der Waals surface area contributed by atoms with Crippen LogP contribution in [0.5, 0.6) is 0 Å². The third-order valence-corrected chi connectivity index (χ3v) is 7.42. The molecule has 6 heteroatoms. The minimum absolute atomic E-state index is 0.162. The van der Waals surface area contributed by atoms with Crippen LogP contribution in [0.3, 0.4) is 0 Å². The molecular formula is C25H43N5O. The maximum absolute atomic E-state index is 12.3. The van der Waals surface area contributed by atoms with E-state index in [1.54, 1.807) is 0 Å². The molecular weight excluding hydrogens is 386 g/mol. The zero-order valence-corrected chi connectivity index (χ0v) is 20.5. The summed E-state index contributed by atoms with van der Waals surface area (Å²) in [5.74, 6) is 1.76. The van der Waals surface area contributed by atoms with Crippen LogP contribution < -0.4 is 4.90 Å². The van der Waals surface area contributed by atoms with Crippen molar-refractivity contribution in [2.45, 2.75) is 90.9 Å². The highest BCUT2D eigenvalue weighted by molar-refractivity contribution is 5.82. The smallest absolute Gasteiger partial charge is 0.225 e. The predicted molar refractivity (Wildman–Crippen MR) is 127 cm³/mol. The van der Waals surface area contributed by atoms with Crippen LogP contribution in [0, 0.1) is 11.8 Å². The Balaban J connectivity index is 1.58. The number of carbonyl (C=O) groups is 1. The van der Waals surface area contributed by atoms with Crippen molar-refractivity contribution in [1.82, 2.24) is 19.8 Å². The number of rotatable bonds is 8. The molecule has 0 N–H and O–H groups in total. The Morgan fingerprint density at radius 2 is 1.61 bits per heavy atom. The molecule has 1 aliphatic heterocycles. The lowest BCUT2D eigenvalue weighted by Gasteiger charge is -2.45. The van der Waals surface area contributed by atoms with Crippen molar-refractivity contribution < 1.29 is 4.79 Å². The average molecular weight is 430 g/mol. The number of aromatic nitrogens is 2. The Bertz CT molecular complexity index is 684. The summed E-state index contributed by atoms with van der Waals surface area (Å²) in [7, 11) is 4.42. The first-order valence-electron chi connectivity index (χ1n) is 12.4. The molecule has 2 aliphatic rings. The van der Waals surface area contributed by atoms with E-state index < -0.39 is 0 Å². The van der Waals surface area contributed by atoms with Crippen LogP contribution in [0.1, 0.15) is 71.8 Å². The fraction of sp³-hybridized carbons (Fsp3) is 0.800. The van der Waals surface area contributed by atoms with Crippen molar-refractivity contribution in [3.63, 3.8) is 0 Å². The number of nitrogens with zero attached hydrogens (tertiary/aromatic N) is 5. The van der Waals surface area contributed by atoms with Gasteiger partial charge in [-0.05, 0) is 52.6 Å². The van der Waals surface area contributed by atoms with Crippen molar-refractivity contribution in [2.24, 2.45) is 11.8 Å². The summed E-state index contributed by atoms with van der Waals surface area (Å²) in [6.07, 6.45) is 10.5. The standard InChI is InChI=1S/C25H43N5O/c1-7-21-16-28(5)17-22(8-2)30(21)25-26-13-19(14-27-25)15-29(6)23-11-9-20(10-12-23)24(31)18(3)4/h13-14,18,20-23H,7-12,15-17H2,1-6H3/t20-,21?,22?,23-. The molecule has 1 saturated carbocycles. The van der Waals surface area contributed by atoms with Crippen LogP contribution in [0.25, 0.3) is 0 Å². The first-order chi connectivity index (χ1) is 14.8. The normalized spacial score (nSPS) is 27.8. The van der Waals surface area contributed by atoms with Crippen LogP contribution in [0.2, 0.25) is 0 Å². The molecule has 2 atom stereocenters. The number of hydrogen-bond donors (Lipinski definition) is 0. The summed E-state index contributed by atoms with van der Waals surface area (Å²) in [6, 6.07) is 1.49. The molecule has 0 bridgehead atoms. The number of carbonyl (C=O) groups excluding carboxylic acids is 1. The molecule has 0 radical (unpaired) electrons. The highest BCUT2D eigenvalue weighted by Crippen LogP contribution is 2.30. The molecule has 1 saturated heterocycles. The average Bonchev–Trinajstić information content (AvgIpc) is 2.78. The molecule has 2 unspecified atom stereocenters. The lowest BCUT2D eigenvalue weighted by Crippen LogP contribution is -2.58. The van der Waals surface area contributed by atoms with Crippen molar-refractivity contribution in [1.29, 1.82) is 0 Å². The third-order valence-electron chi connectivity index (χ3n) is 7.42. The van der Waals surface area contributed by atoms with Gasteiger partial charge in [-0.2, -0.15) is 0 Å². The molecule has 1 aromatic heterocycles. The van der Waals surface area contributed by atoms with E-state index in [2.05, 4.69) is 42.6 Å². The molecule has 0 aromatic carbocycles. The van der Waals surface area contributed by atoms with Crippen LogP contribution >= 0.6 is 0 Å². The van der Waals surface area contributed by atoms with E-state index in [1.807, 2.05) is 26.2 Å². The van der Waals surface area contributed by atoms with E-state index in [0.29, 0.717) is 23.9 Å². The van der Waals surface area contributed by atoms with E-state index in [1.165, 1.54) is 5.56 Å².